The molecule has 0 amide bonds. The maximum Gasteiger partial charge on any atom is 0.279 e. The van der Waals surface area contributed by atoms with Gasteiger partial charge in [-0.1, -0.05) is 0 Å². The zero-order valence-electron chi connectivity index (χ0n) is 6.72. The Labute approximate surface area is 106 Å². The number of hydrogen-bond acceptors (Lipinski definition) is 3. The molecule has 0 N–H and O–H groups in total. The van der Waals surface area contributed by atoms with Crippen LogP contribution >= 0.6 is 42.5 Å². The third kappa shape index (κ3) is 3.08. The average Bonchev–Trinajstić information content (AvgIpc) is 2.06. The smallest absolute Gasteiger partial charge is 0.226 e. The Kier molecular flexibility index (Phi) is 4.07. The molecule has 0 atom stereocenters. The van der Waals surface area contributed by atoms with Crippen molar-refractivity contribution in [2.24, 2.45) is 0 Å². The van der Waals surface area contributed by atoms with Crippen molar-refractivity contribution in [1.29, 1.82) is 0 Å². The molecule has 3 nitrogen and oxygen atoms in total. The minimum atomic E-state index is -4.06. The number of halogens is 5. The quantitative estimate of drug-likeness (QED) is 0.579. The fraction of sp³-hybridized carbons (Fsp3) is 0.167. The third-order valence-corrected chi connectivity index (χ3v) is 4.10. The summed E-state index contributed by atoms with van der Waals surface area (Å²) >= 11 is 5.54. The summed E-state index contributed by atoms with van der Waals surface area (Å²) in [7, 11) is 0.980. The molecule has 9 heteroatoms. The van der Waals surface area contributed by atoms with E-state index in [2.05, 4.69) is 36.8 Å². The van der Waals surface area contributed by atoms with Gasteiger partial charge in [-0.3, -0.25) is 0 Å². The second kappa shape index (κ2) is 4.60. The summed E-state index contributed by atoms with van der Waals surface area (Å²) < 4.78 is 46.3. The lowest BCUT2D eigenvalue weighted by Crippen LogP contribution is -2.00. The largest absolute Gasteiger partial charge is 0.279 e. The van der Waals surface area contributed by atoms with Crippen LogP contribution in [0.1, 0.15) is 12.0 Å². The molecule has 1 rings (SSSR count). The highest BCUT2D eigenvalue weighted by molar-refractivity contribution is 9.11. The van der Waals surface area contributed by atoms with Crippen LogP contribution in [-0.2, 0) is 9.05 Å². The maximum atomic E-state index is 12.4. The van der Waals surface area contributed by atoms with E-state index >= 15 is 0 Å². The van der Waals surface area contributed by atoms with Crippen LogP contribution in [0.2, 0.25) is 0 Å². The monoisotopic (exact) mass is 383 g/mol. The topological polar surface area (TPSA) is 47.0 Å². The van der Waals surface area contributed by atoms with Crippen LogP contribution in [-0.4, -0.2) is 13.4 Å². The van der Waals surface area contributed by atoms with E-state index in [4.69, 9.17) is 10.7 Å². The molecule has 1 aromatic heterocycles. The lowest BCUT2D eigenvalue weighted by Gasteiger charge is -2.05. The van der Waals surface area contributed by atoms with Gasteiger partial charge >= 0.3 is 0 Å². The Hall–Kier alpha value is 0.210. The summed E-state index contributed by atoms with van der Waals surface area (Å²) in [5.74, 6) is 0. The average molecular weight is 385 g/mol. The fourth-order valence-electron chi connectivity index (χ4n) is 0.789. The number of rotatable bonds is 2. The highest BCUT2D eigenvalue weighted by Crippen LogP contribution is 2.32. The molecule has 15 heavy (non-hydrogen) atoms. The first-order valence-electron chi connectivity index (χ1n) is 3.32. The predicted octanol–water partition coefficient (Wildman–Crippen LogP) is 3.47. The van der Waals surface area contributed by atoms with Crippen molar-refractivity contribution in [2.45, 2.75) is 11.5 Å². The van der Waals surface area contributed by atoms with Gasteiger partial charge in [0.25, 0.3) is 15.5 Å². The normalized spacial score (nSPS) is 12.1. The summed E-state index contributed by atoms with van der Waals surface area (Å²) in [6.45, 7) is 0. The highest BCUT2D eigenvalue weighted by Gasteiger charge is 2.22. The Morgan fingerprint density at radius 3 is 2.33 bits per heavy atom. The summed E-state index contributed by atoms with van der Waals surface area (Å²) in [5, 5.41) is -0.500. The van der Waals surface area contributed by atoms with Gasteiger partial charge in [0.1, 0.15) is 4.60 Å². The van der Waals surface area contributed by atoms with Gasteiger partial charge in [-0.25, -0.2) is 22.2 Å². The van der Waals surface area contributed by atoms with Gasteiger partial charge in [0.15, 0.2) is 5.03 Å². The lowest BCUT2D eigenvalue weighted by atomic mass is 10.3. The molecule has 0 saturated heterocycles. The zero-order chi connectivity index (χ0) is 11.8. The molecule has 0 aliphatic heterocycles. The van der Waals surface area contributed by atoms with Gasteiger partial charge < -0.3 is 0 Å². The Bertz CT molecular complexity index is 494. The Morgan fingerprint density at radius 1 is 1.40 bits per heavy atom. The van der Waals surface area contributed by atoms with Crippen molar-refractivity contribution in [3.05, 3.63) is 20.7 Å². The SMILES string of the molecule is O=S(=O)(Cl)c1nc(Br)c(C(F)F)cc1Br. The van der Waals surface area contributed by atoms with Crippen molar-refractivity contribution in [3.63, 3.8) is 0 Å². The van der Waals surface area contributed by atoms with E-state index in [1.54, 1.807) is 0 Å². The number of hydrogen-bond donors (Lipinski definition) is 0. The molecular formula is C6H2Br2ClF2NO2S. The minimum Gasteiger partial charge on any atom is -0.226 e. The van der Waals surface area contributed by atoms with Gasteiger partial charge in [0.05, 0.1) is 10.0 Å². The third-order valence-electron chi connectivity index (χ3n) is 1.39. The molecule has 0 saturated carbocycles. The van der Waals surface area contributed by atoms with E-state index in [1.807, 2.05) is 0 Å². The standard InChI is InChI=1S/C6H2Br2ClF2NO2S/c7-3-1-2(5(10)11)4(8)12-6(3)15(9,13)14/h1,5H. The second-order valence-corrected chi connectivity index (χ2v) is 6.48. The first-order chi connectivity index (χ1) is 6.73. The van der Waals surface area contributed by atoms with Crippen molar-refractivity contribution in [2.75, 3.05) is 0 Å². The molecule has 0 aliphatic rings. The van der Waals surface area contributed by atoms with Crippen LogP contribution in [0, 0.1) is 0 Å². The maximum absolute atomic E-state index is 12.4. The number of alkyl halides is 2. The molecule has 1 aromatic rings. The van der Waals surface area contributed by atoms with Gasteiger partial charge in [-0.15, -0.1) is 0 Å². The minimum absolute atomic E-state index is 0.101. The van der Waals surface area contributed by atoms with Gasteiger partial charge in [0.2, 0.25) is 0 Å². The first-order valence-corrected chi connectivity index (χ1v) is 7.21. The Balaban J connectivity index is 3.46. The molecule has 1 heterocycles. The van der Waals surface area contributed by atoms with Crippen LogP contribution in [0.4, 0.5) is 8.78 Å². The van der Waals surface area contributed by atoms with Crippen LogP contribution in [0.25, 0.3) is 0 Å². The van der Waals surface area contributed by atoms with Crippen LogP contribution in [0.15, 0.2) is 20.2 Å². The Morgan fingerprint density at radius 2 is 1.93 bits per heavy atom. The van der Waals surface area contributed by atoms with E-state index < -0.39 is 26.1 Å². The van der Waals surface area contributed by atoms with Crippen LogP contribution in [0.3, 0.4) is 0 Å². The van der Waals surface area contributed by atoms with E-state index in [1.165, 1.54) is 0 Å². The lowest BCUT2D eigenvalue weighted by molar-refractivity contribution is 0.149. The molecule has 0 fully saturated rings. The van der Waals surface area contributed by atoms with Gasteiger partial charge in [-0.2, -0.15) is 0 Å². The van der Waals surface area contributed by atoms with Crippen molar-refractivity contribution < 1.29 is 17.2 Å². The molecule has 84 valence electrons. The number of aromatic nitrogens is 1. The van der Waals surface area contributed by atoms with Crippen molar-refractivity contribution >= 4 is 51.6 Å². The molecule has 0 aliphatic carbocycles. The summed E-state index contributed by atoms with van der Waals surface area (Å²) in [5.41, 5.74) is -0.411. The van der Waals surface area contributed by atoms with E-state index in [9.17, 15) is 17.2 Å². The number of pyridine rings is 1. The molecular weight excluding hydrogens is 383 g/mol. The van der Waals surface area contributed by atoms with Crippen molar-refractivity contribution in [1.82, 2.24) is 4.98 Å². The molecule has 0 radical (unpaired) electrons. The molecule has 0 unspecified atom stereocenters. The van der Waals surface area contributed by atoms with E-state index in [0.717, 1.165) is 6.07 Å². The van der Waals surface area contributed by atoms with Gasteiger partial charge in [0, 0.05) is 10.7 Å². The number of nitrogens with zero attached hydrogens (tertiary/aromatic N) is 1. The van der Waals surface area contributed by atoms with Crippen molar-refractivity contribution in [3.8, 4) is 0 Å². The highest BCUT2D eigenvalue weighted by atomic mass is 79.9. The molecule has 0 aromatic carbocycles. The van der Waals surface area contributed by atoms with E-state index in [-0.39, 0.29) is 9.08 Å². The van der Waals surface area contributed by atoms with Crippen LogP contribution < -0.4 is 0 Å². The summed E-state index contributed by atoms with van der Waals surface area (Å²) in [4.78, 5) is 3.44. The molecule has 0 spiro atoms. The second-order valence-electron chi connectivity index (χ2n) is 2.39. The van der Waals surface area contributed by atoms with Gasteiger partial charge in [-0.05, 0) is 37.9 Å². The summed E-state index contributed by atoms with van der Waals surface area (Å²) in [6, 6.07) is 0.955. The predicted molar refractivity (Wildman–Crippen MR) is 57.6 cm³/mol. The molecule has 0 bridgehead atoms. The van der Waals surface area contributed by atoms with Crippen LogP contribution in [0.5, 0.6) is 0 Å². The summed E-state index contributed by atoms with van der Waals surface area (Å²) in [6.07, 6.45) is -2.75. The zero-order valence-corrected chi connectivity index (χ0v) is 11.5. The fourth-order valence-corrected chi connectivity index (χ4v) is 3.47. The van der Waals surface area contributed by atoms with E-state index in [0.29, 0.717) is 0 Å². The first kappa shape index (κ1) is 13.3.